The summed E-state index contributed by atoms with van der Waals surface area (Å²) in [4.78, 5) is 23.5. The molecule has 0 aromatic heterocycles. The van der Waals surface area contributed by atoms with Gasteiger partial charge in [-0.1, -0.05) is 58.4 Å². The molecule has 0 unspecified atom stereocenters. The Hall–Kier alpha value is -2.73. The van der Waals surface area contributed by atoms with E-state index in [4.69, 9.17) is 0 Å². The van der Waals surface area contributed by atoms with Gasteiger partial charge in [0.15, 0.2) is 0 Å². The molecule has 0 fully saturated rings. The third-order valence-corrected chi connectivity index (χ3v) is 3.43. The van der Waals surface area contributed by atoms with Crippen LogP contribution in [0.15, 0.2) is 70.2 Å². The summed E-state index contributed by atoms with van der Waals surface area (Å²) >= 11 is 3.29. The van der Waals surface area contributed by atoms with Gasteiger partial charge in [0.25, 0.3) is 11.8 Å². The highest BCUT2D eigenvalue weighted by Crippen LogP contribution is 2.11. The topological polar surface area (TPSA) is 70.6 Å². The number of amides is 2. The fourth-order valence-corrected chi connectivity index (χ4v) is 2.20. The Morgan fingerprint density at radius 2 is 1.88 bits per heavy atom. The molecular formula is C18H16BrN3O2. The first kappa shape index (κ1) is 17.6. The molecule has 24 heavy (non-hydrogen) atoms. The van der Waals surface area contributed by atoms with Crippen LogP contribution in [0.25, 0.3) is 6.08 Å². The number of benzene rings is 2. The van der Waals surface area contributed by atoms with Crippen molar-refractivity contribution in [2.75, 3.05) is 6.54 Å². The zero-order valence-corrected chi connectivity index (χ0v) is 14.4. The van der Waals surface area contributed by atoms with Crippen LogP contribution in [-0.4, -0.2) is 24.6 Å². The predicted octanol–water partition coefficient (Wildman–Crippen LogP) is 2.99. The SMILES string of the molecule is O=C(CNC(=O)c1cccc(Br)c1)N/N=C/C=C/c1ccccc1. The number of allylic oxidation sites excluding steroid dienone is 1. The highest BCUT2D eigenvalue weighted by Gasteiger charge is 2.07. The van der Waals surface area contributed by atoms with Crippen molar-refractivity contribution in [3.8, 4) is 0 Å². The first-order valence-electron chi connectivity index (χ1n) is 7.22. The molecule has 122 valence electrons. The van der Waals surface area contributed by atoms with Gasteiger partial charge in [0.05, 0.1) is 6.54 Å². The van der Waals surface area contributed by atoms with Gasteiger partial charge in [0, 0.05) is 16.3 Å². The Kier molecular flexibility index (Phi) is 6.91. The lowest BCUT2D eigenvalue weighted by atomic mass is 10.2. The number of nitrogens with zero attached hydrogens (tertiary/aromatic N) is 1. The van der Waals surface area contributed by atoms with Gasteiger partial charge in [-0.25, -0.2) is 5.43 Å². The molecule has 0 saturated carbocycles. The third kappa shape index (κ3) is 6.18. The zero-order valence-electron chi connectivity index (χ0n) is 12.8. The lowest BCUT2D eigenvalue weighted by Crippen LogP contribution is -2.34. The molecule has 5 nitrogen and oxygen atoms in total. The van der Waals surface area contributed by atoms with E-state index >= 15 is 0 Å². The third-order valence-electron chi connectivity index (χ3n) is 2.93. The van der Waals surface area contributed by atoms with Gasteiger partial charge in [-0.15, -0.1) is 0 Å². The number of nitrogens with one attached hydrogen (secondary N) is 2. The summed E-state index contributed by atoms with van der Waals surface area (Å²) in [5, 5.41) is 6.31. The van der Waals surface area contributed by atoms with Gasteiger partial charge < -0.3 is 5.32 Å². The smallest absolute Gasteiger partial charge is 0.259 e. The Balaban J connectivity index is 1.72. The van der Waals surface area contributed by atoms with Gasteiger partial charge in [-0.05, 0) is 29.8 Å². The van der Waals surface area contributed by atoms with Gasteiger partial charge in [0.2, 0.25) is 0 Å². The average molecular weight is 386 g/mol. The summed E-state index contributed by atoms with van der Waals surface area (Å²) in [5.74, 6) is -0.720. The van der Waals surface area contributed by atoms with Crippen molar-refractivity contribution < 1.29 is 9.59 Å². The monoisotopic (exact) mass is 385 g/mol. The summed E-state index contributed by atoms with van der Waals surface area (Å²) in [6.07, 6.45) is 5.06. The Morgan fingerprint density at radius 3 is 2.62 bits per heavy atom. The zero-order chi connectivity index (χ0) is 17.2. The van der Waals surface area contributed by atoms with Gasteiger partial charge in [-0.3, -0.25) is 9.59 Å². The second-order valence-electron chi connectivity index (χ2n) is 4.78. The lowest BCUT2D eigenvalue weighted by Gasteiger charge is -2.04. The van der Waals surface area contributed by atoms with E-state index in [1.165, 1.54) is 6.21 Å². The molecule has 2 N–H and O–H groups in total. The first-order chi connectivity index (χ1) is 11.6. The van der Waals surface area contributed by atoms with Crippen LogP contribution in [0.1, 0.15) is 15.9 Å². The minimum Gasteiger partial charge on any atom is -0.343 e. The fourth-order valence-electron chi connectivity index (χ4n) is 1.80. The normalized spacial score (nSPS) is 10.9. The molecule has 0 aliphatic heterocycles. The molecule has 0 saturated heterocycles. The largest absolute Gasteiger partial charge is 0.343 e. The Morgan fingerprint density at radius 1 is 1.08 bits per heavy atom. The van der Waals surface area contributed by atoms with E-state index in [-0.39, 0.29) is 12.5 Å². The molecule has 2 amide bonds. The molecule has 0 spiro atoms. The fraction of sp³-hybridized carbons (Fsp3) is 0.0556. The Labute approximate surface area is 148 Å². The van der Waals surface area contributed by atoms with Crippen molar-refractivity contribution in [2.45, 2.75) is 0 Å². The average Bonchev–Trinajstić information content (AvgIpc) is 2.60. The second kappa shape index (κ2) is 9.42. The molecule has 0 radical (unpaired) electrons. The van der Waals surface area contributed by atoms with Crippen LogP contribution in [0.2, 0.25) is 0 Å². The highest BCUT2D eigenvalue weighted by atomic mass is 79.9. The minimum absolute atomic E-state index is 0.148. The van der Waals surface area contributed by atoms with E-state index in [0.29, 0.717) is 5.56 Å². The molecule has 2 aromatic rings. The van der Waals surface area contributed by atoms with E-state index < -0.39 is 5.91 Å². The van der Waals surface area contributed by atoms with Crippen molar-refractivity contribution in [3.05, 3.63) is 76.3 Å². The van der Waals surface area contributed by atoms with E-state index in [1.807, 2.05) is 42.5 Å². The number of hydrogen-bond donors (Lipinski definition) is 2. The standard InChI is InChI=1S/C18H16BrN3O2/c19-16-10-4-9-15(12-16)18(24)20-13-17(23)22-21-11-5-8-14-6-2-1-3-7-14/h1-12H,13H2,(H,20,24)(H,22,23)/b8-5+,21-11+. The summed E-state index contributed by atoms with van der Waals surface area (Å²) in [5.41, 5.74) is 3.86. The van der Waals surface area contributed by atoms with Crippen LogP contribution in [0, 0.1) is 0 Å². The maximum Gasteiger partial charge on any atom is 0.259 e. The molecular weight excluding hydrogens is 370 g/mol. The molecule has 2 aromatic carbocycles. The van der Waals surface area contributed by atoms with Gasteiger partial charge in [-0.2, -0.15) is 5.10 Å². The quantitative estimate of drug-likeness (QED) is 0.592. The molecule has 0 aliphatic rings. The van der Waals surface area contributed by atoms with Gasteiger partial charge >= 0.3 is 0 Å². The van der Waals surface area contributed by atoms with Gasteiger partial charge in [0.1, 0.15) is 0 Å². The molecule has 0 aliphatic carbocycles. The molecule has 2 rings (SSSR count). The molecule has 0 heterocycles. The second-order valence-corrected chi connectivity index (χ2v) is 5.69. The van der Waals surface area contributed by atoms with Crippen LogP contribution in [0.4, 0.5) is 0 Å². The number of carbonyl (C=O) groups excluding carboxylic acids is 2. The maximum absolute atomic E-state index is 11.9. The number of carbonyl (C=O) groups is 2. The van der Waals surface area contributed by atoms with E-state index in [1.54, 1.807) is 24.3 Å². The highest BCUT2D eigenvalue weighted by molar-refractivity contribution is 9.10. The summed E-state index contributed by atoms with van der Waals surface area (Å²) < 4.78 is 0.800. The van der Waals surface area contributed by atoms with E-state index in [9.17, 15) is 9.59 Å². The van der Waals surface area contributed by atoms with E-state index in [2.05, 4.69) is 31.8 Å². The van der Waals surface area contributed by atoms with Crippen LogP contribution in [0.5, 0.6) is 0 Å². The van der Waals surface area contributed by atoms with E-state index in [0.717, 1.165) is 10.0 Å². The number of halogens is 1. The predicted molar refractivity (Wildman–Crippen MR) is 98.6 cm³/mol. The number of hydrazone groups is 1. The van der Waals surface area contributed by atoms with Crippen LogP contribution < -0.4 is 10.7 Å². The summed E-state index contributed by atoms with van der Waals surface area (Å²) in [6, 6.07) is 16.7. The van der Waals surface area contributed by atoms with Crippen molar-refractivity contribution in [2.24, 2.45) is 5.10 Å². The summed E-state index contributed by atoms with van der Waals surface area (Å²) in [7, 11) is 0. The first-order valence-corrected chi connectivity index (χ1v) is 8.02. The maximum atomic E-state index is 11.9. The number of hydrogen-bond acceptors (Lipinski definition) is 3. The van der Waals surface area contributed by atoms with Crippen molar-refractivity contribution in [1.29, 1.82) is 0 Å². The lowest BCUT2D eigenvalue weighted by molar-refractivity contribution is -0.120. The molecule has 0 atom stereocenters. The van der Waals surface area contributed by atoms with Crippen molar-refractivity contribution in [1.82, 2.24) is 10.7 Å². The minimum atomic E-state index is -0.400. The van der Waals surface area contributed by atoms with Crippen LogP contribution in [-0.2, 0) is 4.79 Å². The number of rotatable bonds is 6. The van der Waals surface area contributed by atoms with Crippen LogP contribution in [0.3, 0.4) is 0 Å². The van der Waals surface area contributed by atoms with Crippen molar-refractivity contribution >= 4 is 40.0 Å². The molecule has 0 bridgehead atoms. The summed E-state index contributed by atoms with van der Waals surface area (Å²) in [6.45, 7) is -0.148. The van der Waals surface area contributed by atoms with Crippen LogP contribution >= 0.6 is 15.9 Å². The van der Waals surface area contributed by atoms with Crippen molar-refractivity contribution in [3.63, 3.8) is 0 Å². The Bertz CT molecular complexity index is 758. The molecule has 6 heteroatoms.